The van der Waals surface area contributed by atoms with Gasteiger partial charge in [0.25, 0.3) is 0 Å². The first-order valence-corrected chi connectivity index (χ1v) is 40.0. The maximum atomic E-state index is 12.5. The van der Waals surface area contributed by atoms with Crippen molar-refractivity contribution < 1.29 is 48.6 Å². The van der Waals surface area contributed by atoms with E-state index in [2.05, 4.69) is 133 Å². The average Bonchev–Trinajstić information content (AvgIpc) is 1.55. The van der Waals surface area contributed by atoms with E-state index < -0.39 is 11.2 Å². The molecule has 3 atom stereocenters. The molecular formula is C83H99BrN18NaO4S3-. The van der Waals surface area contributed by atoms with Gasteiger partial charge < -0.3 is 64.5 Å². The number of thiol groups is 1. The van der Waals surface area contributed by atoms with E-state index in [-0.39, 0.29) is 85.6 Å². The third-order valence-electron chi connectivity index (χ3n) is 22.6. The second-order valence-corrected chi connectivity index (χ2v) is 34.4. The number of fused-ring (bicyclic) bond motifs is 6. The molecule has 6 aliphatic rings. The van der Waals surface area contributed by atoms with Crippen LogP contribution in [0.2, 0.25) is 0 Å². The monoisotopic (exact) mass is 1610 g/mol. The number of nitrogens with zero attached hydrogens (tertiary/aromatic N) is 15. The van der Waals surface area contributed by atoms with Crippen molar-refractivity contribution >= 4 is 132 Å². The van der Waals surface area contributed by atoms with Gasteiger partial charge in [-0.25, -0.2) is 29.5 Å². The number of ether oxygens (including phenoxy) is 2. The Balaban J connectivity index is 0.000000143. The predicted octanol–water partition coefficient (Wildman–Crippen LogP) is 14.2. The van der Waals surface area contributed by atoms with Crippen molar-refractivity contribution in [2.24, 2.45) is 22.0 Å². The molecule has 9 aromatic heterocycles. The summed E-state index contributed by atoms with van der Waals surface area (Å²) in [5.74, 6) is 2.82. The minimum absolute atomic E-state index is 0. The van der Waals surface area contributed by atoms with Crippen LogP contribution < -0.4 is 60.6 Å². The summed E-state index contributed by atoms with van der Waals surface area (Å²) < 4.78 is 18.3. The Hall–Kier alpha value is -7.82. The fourth-order valence-electron chi connectivity index (χ4n) is 17.1. The van der Waals surface area contributed by atoms with Crippen molar-refractivity contribution in [3.8, 4) is 0 Å². The molecule has 22 nitrogen and oxygen atoms in total. The Bertz CT molecular complexity index is 5130. The number of hydrogen-bond donors (Lipinski definition) is 3. The van der Waals surface area contributed by atoms with Crippen LogP contribution in [0.3, 0.4) is 0 Å². The van der Waals surface area contributed by atoms with Crippen molar-refractivity contribution in [2.45, 2.75) is 194 Å². The van der Waals surface area contributed by atoms with Crippen LogP contribution in [0.25, 0.3) is 49.3 Å². The fourth-order valence-corrected chi connectivity index (χ4v) is 19.6. The van der Waals surface area contributed by atoms with E-state index in [1.807, 2.05) is 157 Å². The molecule has 6 fully saturated rings. The summed E-state index contributed by atoms with van der Waals surface area (Å²) in [4.78, 5) is 77.0. The van der Waals surface area contributed by atoms with Gasteiger partial charge in [-0.15, -0.1) is 6.20 Å². The molecule has 3 aliphatic heterocycles. The molecule has 3 spiro atoms. The summed E-state index contributed by atoms with van der Waals surface area (Å²) in [6.07, 6.45) is 44.6. The first-order valence-electron chi connectivity index (χ1n) is 37.6. The number of piperidine rings is 3. The number of nitrogens with two attached hydrogens (primary N) is 1. The third-order valence-corrected chi connectivity index (χ3v) is 25.3. The normalized spacial score (nSPS) is 19.1. The van der Waals surface area contributed by atoms with Crippen LogP contribution in [0.1, 0.15) is 145 Å². The molecular weight excluding hydrogens is 1510 g/mol. The number of carbonyl (C=O) groups excluding carboxylic acids is 2. The van der Waals surface area contributed by atoms with Crippen LogP contribution >= 0.6 is 39.5 Å². The van der Waals surface area contributed by atoms with E-state index in [4.69, 9.17) is 25.2 Å². The summed E-state index contributed by atoms with van der Waals surface area (Å²) in [7, 11) is 0. The largest absolute Gasteiger partial charge is 1.00 e. The number of anilines is 3. The number of pyridine rings is 3. The Kier molecular flexibility index (Phi) is 26.0. The summed E-state index contributed by atoms with van der Waals surface area (Å²) in [5, 5.41) is 13.4. The number of carbonyl (C=O) groups is 2. The zero-order valence-electron chi connectivity index (χ0n) is 63.2. The van der Waals surface area contributed by atoms with Crippen molar-refractivity contribution in [3.05, 3.63) is 176 Å². The number of imidazole rings is 3. The summed E-state index contributed by atoms with van der Waals surface area (Å²) >= 11 is 6.77. The summed E-state index contributed by atoms with van der Waals surface area (Å²) in [6, 6.07) is 28.6. The second-order valence-electron chi connectivity index (χ2n) is 31.4. The van der Waals surface area contributed by atoms with Gasteiger partial charge in [-0.05, 0) is 173 Å². The Morgan fingerprint density at radius 1 is 0.491 bits per heavy atom. The van der Waals surface area contributed by atoms with Crippen LogP contribution in [0.4, 0.5) is 27.4 Å². The number of hydrogen-bond acceptors (Lipinski definition) is 20. The molecule has 3 saturated carbocycles. The minimum Gasteiger partial charge on any atom is -0.813 e. The van der Waals surface area contributed by atoms with E-state index in [1.54, 1.807) is 35.9 Å². The molecule has 2 amide bonds. The fraction of sp³-hybridized carbons (Fsp3) is 0.434. The molecule has 12 aromatic rings. The summed E-state index contributed by atoms with van der Waals surface area (Å²) in [5.41, 5.74) is 8.81. The van der Waals surface area contributed by atoms with E-state index in [0.29, 0.717) is 11.5 Å². The van der Waals surface area contributed by atoms with Gasteiger partial charge in [0.15, 0.2) is 11.3 Å². The number of halogens is 1. The standard InChI is InChI=1S/C29H34N6O2S.C24H26N6S.C20H28N5O2.C9H6BrN.CH4.Na.H2S/c1-28(2,3)37-27(36)33-24-9-6-10-29(24)11-14-34(15-12-29)26-32-19-23(25-31-13-16-35(25)26)38-22-18-30-17-20-7-4-5-8-21(20)22;25-21-6-3-7-24(21)8-11-29(12-9-24)23-28-16-20(22-27-10-13-30(22)23)31-19-15-26-14-17-4-1-2-5-18(17)19;1-19(2,3)27-18(26)23-15-5-4-7-20(15)8-12-24(13-9-20)17-22-10-6-16-21-11-14-25(16)17;10-9-6-11-5-7-3-1-2-4-8(7)9;;;/h4-5,7-8,13,16-19,24H,6,9-12,14-15H2,1-3H3,(H,33,36);1-2,4-5,10,13-16,21H,3,6-9,11-12,25H2;10-11,14-15H,4-5,7-9,12-13H2,1-3H3,(H,23,26);1-6H;1H4;;1H2/q;;-1;;;+1;/p-1/t24-;21-;15-;;;;/m111..../s1. The molecule has 3 aliphatic carbocycles. The number of nitrogens with one attached hydrogen (secondary N) is 2. The minimum atomic E-state index is -0.490. The third kappa shape index (κ3) is 18.0. The van der Waals surface area contributed by atoms with Crippen molar-refractivity contribution in [2.75, 3.05) is 54.0 Å². The zero-order valence-corrected chi connectivity index (χ0v) is 69.3. The summed E-state index contributed by atoms with van der Waals surface area (Å²) in [6.45, 7) is 17.1. The first-order chi connectivity index (χ1) is 51.8. The molecule has 18 rings (SSSR count). The zero-order chi connectivity index (χ0) is 73.9. The SMILES string of the molecule is Brc1cncc2ccccc12.C.CC(C)(C)OC(=O)N[C@@H]1CCCC12CCN(c1nc[c-]c3nccn13)CC2.CC(C)(C)OC(=O)N[C@@H]1CCCC12CCN(c1ncc(Sc3cncc4ccccc34)c3nccn13)CC2.N[C@@H]1CCCC12CCN(c1ncc(Sc3cncc4ccccc34)c3nccn13)CC2.[Na+].[SH-]. The van der Waals surface area contributed by atoms with Gasteiger partial charge in [-0.2, -0.15) is 0 Å². The van der Waals surface area contributed by atoms with Crippen molar-refractivity contribution in [1.82, 2.24) is 68.7 Å². The molecule has 0 bridgehead atoms. The van der Waals surface area contributed by atoms with Crippen molar-refractivity contribution in [3.63, 3.8) is 0 Å². The van der Waals surface area contributed by atoms with Crippen LogP contribution in [-0.4, -0.2) is 139 Å². The molecule has 4 N–H and O–H groups in total. The Morgan fingerprint density at radius 2 is 0.882 bits per heavy atom. The molecule has 0 radical (unpaired) electrons. The molecule has 0 unspecified atom stereocenters. The number of benzene rings is 3. The molecule has 3 aromatic carbocycles. The Morgan fingerprint density at radius 3 is 1.33 bits per heavy atom. The van der Waals surface area contributed by atoms with Crippen LogP contribution in [0.15, 0.2) is 190 Å². The number of rotatable bonds is 9. The molecule has 3 saturated heterocycles. The van der Waals surface area contributed by atoms with Gasteiger partial charge in [-0.1, -0.05) is 123 Å². The molecule has 27 heteroatoms. The van der Waals surface area contributed by atoms with E-state index in [9.17, 15) is 9.59 Å². The van der Waals surface area contributed by atoms with Gasteiger partial charge >= 0.3 is 41.7 Å². The van der Waals surface area contributed by atoms with Crippen LogP contribution in [0, 0.1) is 22.3 Å². The predicted molar refractivity (Wildman–Crippen MR) is 442 cm³/mol. The van der Waals surface area contributed by atoms with E-state index in [1.165, 1.54) is 40.8 Å². The maximum absolute atomic E-state index is 12.5. The number of amides is 2. The molecule has 12 heterocycles. The van der Waals surface area contributed by atoms with Gasteiger partial charge in [0, 0.05) is 175 Å². The van der Waals surface area contributed by atoms with Crippen LogP contribution in [-0.2, 0) is 23.0 Å². The first kappa shape index (κ1) is 81.7. The number of aromatic nitrogens is 12. The van der Waals surface area contributed by atoms with Gasteiger partial charge in [0.1, 0.15) is 11.2 Å². The number of alkyl carbamates (subject to hydrolysis) is 2. The van der Waals surface area contributed by atoms with Gasteiger partial charge in [0.2, 0.25) is 17.8 Å². The molecule has 110 heavy (non-hydrogen) atoms. The molecule has 572 valence electrons. The quantitative estimate of drug-likeness (QED) is 0.0526. The Labute approximate surface area is 690 Å². The average molecular weight is 1610 g/mol. The topological polar surface area (TPSA) is 242 Å². The second kappa shape index (κ2) is 35.1. The van der Waals surface area contributed by atoms with Gasteiger partial charge in [0.05, 0.1) is 9.79 Å². The van der Waals surface area contributed by atoms with Crippen molar-refractivity contribution in [1.29, 1.82) is 0 Å². The van der Waals surface area contributed by atoms with E-state index >= 15 is 0 Å². The van der Waals surface area contributed by atoms with E-state index in [0.717, 1.165) is 186 Å². The van der Waals surface area contributed by atoms with Crippen LogP contribution in [0.5, 0.6) is 0 Å². The maximum Gasteiger partial charge on any atom is 1.00 e. The smallest absolute Gasteiger partial charge is 0.813 e. The van der Waals surface area contributed by atoms with Gasteiger partial charge in [-0.3, -0.25) is 33.7 Å².